The maximum absolute atomic E-state index is 10.2. The summed E-state index contributed by atoms with van der Waals surface area (Å²) in [6, 6.07) is 0. The summed E-state index contributed by atoms with van der Waals surface area (Å²) in [7, 11) is 0. The molecule has 0 aliphatic carbocycles. The lowest BCUT2D eigenvalue weighted by molar-refractivity contribution is -0.142. The highest BCUT2D eigenvalue weighted by Crippen LogP contribution is 2.12. The fourth-order valence-electron chi connectivity index (χ4n) is 0.524. The summed E-state index contributed by atoms with van der Waals surface area (Å²) in [6.07, 6.45) is -1.38. The third-order valence-corrected chi connectivity index (χ3v) is 0.969. The molecule has 0 bridgehead atoms. The number of aliphatic carboxylic acids is 1. The first kappa shape index (κ1) is 5.09. The van der Waals surface area contributed by atoms with E-state index in [0.717, 1.165) is 0 Å². The number of carboxylic acids is 1. The fourth-order valence-corrected chi connectivity index (χ4v) is 0.524. The lowest BCUT2D eigenvalue weighted by atomic mass is 10.1. The molecule has 0 saturated heterocycles. The topological polar surface area (TPSA) is 77.8 Å². The van der Waals surface area contributed by atoms with Crippen LogP contribution in [0.2, 0.25) is 0 Å². The molecule has 10 heavy (non-hydrogen) atoms. The Morgan fingerprint density at radius 1 is 1.80 bits per heavy atom. The highest BCUT2D eigenvalue weighted by atomic mass is 16.4. The predicted molar refractivity (Wildman–Crippen MR) is 34.6 cm³/mol. The van der Waals surface area contributed by atoms with E-state index in [0.29, 0.717) is 0 Å². The highest BCUT2D eigenvalue weighted by molar-refractivity contribution is 5.67. The molecule has 0 aromatic heterocycles. The minimum atomic E-state index is -2.80. The molecule has 4 nitrogen and oxygen atoms in total. The van der Waals surface area contributed by atoms with Gasteiger partial charge in [-0.3, -0.25) is 4.79 Å². The van der Waals surface area contributed by atoms with Crippen molar-refractivity contribution in [3.63, 3.8) is 0 Å². The van der Waals surface area contributed by atoms with Crippen LogP contribution in [-0.2, 0) is 4.79 Å². The molecule has 0 heterocycles. The van der Waals surface area contributed by atoms with E-state index in [1.807, 2.05) is 0 Å². The maximum Gasteiger partial charge on any atom is 0.306 e. The van der Waals surface area contributed by atoms with Crippen LogP contribution in [0.25, 0.3) is 0 Å². The van der Waals surface area contributed by atoms with Gasteiger partial charge in [0.05, 0.1) is 12.0 Å². The molecule has 0 radical (unpaired) electrons. The lowest BCUT2D eigenvalue weighted by Gasteiger charge is -2.18. The van der Waals surface area contributed by atoms with Gasteiger partial charge in [0.1, 0.15) is 0 Å². The number of aliphatic hydroxyl groups is 2. The molecule has 0 aliphatic heterocycles. The molecule has 1 atom stereocenters. The largest absolute Gasteiger partial charge is 0.481 e. The molecular weight excluding hydrogens is 137 g/mol. The van der Waals surface area contributed by atoms with Crippen molar-refractivity contribution in [1.82, 2.24) is 0 Å². The zero-order valence-corrected chi connectivity index (χ0v) is 5.37. The molecule has 0 aromatic carbocycles. The van der Waals surface area contributed by atoms with Crippen molar-refractivity contribution in [3.8, 4) is 0 Å². The molecule has 60 valence electrons. The summed E-state index contributed by atoms with van der Waals surface area (Å²) in [6.45, 7) is -3.36. The average molecular weight is 152 g/mol. The second kappa shape index (κ2) is 3.53. The van der Waals surface area contributed by atoms with Gasteiger partial charge in [-0.05, 0) is 13.3 Å². The summed E-state index contributed by atoms with van der Waals surface area (Å²) in [5, 5.41) is 26.2. The summed E-state index contributed by atoms with van der Waals surface area (Å²) < 4.78 is 20.7. The Morgan fingerprint density at radius 2 is 2.40 bits per heavy atom. The van der Waals surface area contributed by atoms with Crippen molar-refractivity contribution in [3.05, 3.63) is 0 Å². The van der Waals surface area contributed by atoms with E-state index in [2.05, 4.69) is 0 Å². The van der Waals surface area contributed by atoms with Gasteiger partial charge >= 0.3 is 5.97 Å². The van der Waals surface area contributed by atoms with Crippen molar-refractivity contribution < 1.29 is 24.2 Å². The van der Waals surface area contributed by atoms with Gasteiger partial charge < -0.3 is 15.3 Å². The Morgan fingerprint density at radius 3 is 2.70 bits per heavy atom. The van der Waals surface area contributed by atoms with Gasteiger partial charge in [0.25, 0.3) is 0 Å². The van der Waals surface area contributed by atoms with Crippen LogP contribution in [0.15, 0.2) is 0 Å². The van der Waals surface area contributed by atoms with Crippen LogP contribution >= 0.6 is 0 Å². The summed E-state index contributed by atoms with van der Waals surface area (Å²) in [4.78, 5) is 10.2. The first-order valence-electron chi connectivity index (χ1n) is 4.28. The molecule has 0 fully saturated rings. The third kappa shape index (κ3) is 4.29. The summed E-state index contributed by atoms with van der Waals surface area (Å²) >= 11 is 0. The SMILES string of the molecule is [2H][13C]([2H])([2H])C(O)(CCO)CC(=O)O. The van der Waals surface area contributed by atoms with E-state index in [4.69, 9.17) is 14.3 Å². The van der Waals surface area contributed by atoms with E-state index in [-0.39, 0.29) is 0 Å². The molecule has 0 spiro atoms. The molecule has 0 amide bonds. The van der Waals surface area contributed by atoms with Gasteiger partial charge in [-0.1, -0.05) is 0 Å². The fraction of sp³-hybridized carbons (Fsp3) is 0.833. The van der Waals surface area contributed by atoms with Crippen LogP contribution in [0.4, 0.5) is 0 Å². The number of carbonyl (C=O) groups is 1. The number of carboxylic acid groups (broad SMARTS) is 1. The molecule has 0 aliphatic rings. The van der Waals surface area contributed by atoms with Crippen molar-refractivity contribution in [2.75, 3.05) is 6.61 Å². The van der Waals surface area contributed by atoms with Crippen molar-refractivity contribution in [2.24, 2.45) is 0 Å². The van der Waals surface area contributed by atoms with Crippen LogP contribution in [0, 0.1) is 0 Å². The molecule has 0 aromatic rings. The minimum absolute atomic E-state index is 0.476. The lowest BCUT2D eigenvalue weighted by Crippen LogP contribution is -2.28. The van der Waals surface area contributed by atoms with E-state index in [9.17, 15) is 9.90 Å². The normalized spacial score (nSPS) is 22.0. The molecule has 0 saturated carbocycles. The second-order valence-corrected chi connectivity index (χ2v) is 2.08. The van der Waals surface area contributed by atoms with Crippen LogP contribution in [0.5, 0.6) is 0 Å². The number of rotatable bonds is 4. The smallest absolute Gasteiger partial charge is 0.306 e. The Kier molecular flexibility index (Phi) is 1.80. The van der Waals surface area contributed by atoms with Crippen molar-refractivity contribution >= 4 is 5.97 Å². The molecule has 1 unspecified atom stereocenters. The first-order valence-corrected chi connectivity index (χ1v) is 2.78. The Hall–Kier alpha value is -0.610. The van der Waals surface area contributed by atoms with E-state index in [1.165, 1.54) is 0 Å². The predicted octanol–water partition coefficient (Wildman–Crippen LogP) is -0.406. The van der Waals surface area contributed by atoms with Crippen LogP contribution in [0.3, 0.4) is 0 Å². The van der Waals surface area contributed by atoms with Gasteiger partial charge in [-0.15, -0.1) is 0 Å². The molecule has 4 heteroatoms. The quantitative estimate of drug-likeness (QED) is 0.479. The minimum Gasteiger partial charge on any atom is -0.481 e. The zero-order valence-electron chi connectivity index (χ0n) is 8.37. The Balaban J connectivity index is 4.62. The summed E-state index contributed by atoms with van der Waals surface area (Å²) in [5.41, 5.74) is -2.34. The van der Waals surface area contributed by atoms with Gasteiger partial charge in [-0.2, -0.15) is 0 Å². The third-order valence-electron chi connectivity index (χ3n) is 0.969. The zero-order chi connectivity index (χ0) is 10.7. The average Bonchev–Trinajstić information content (AvgIpc) is 1.82. The Bertz CT molecular complexity index is 191. The van der Waals surface area contributed by atoms with Crippen molar-refractivity contribution in [1.29, 1.82) is 0 Å². The van der Waals surface area contributed by atoms with Gasteiger partial charge in [0.15, 0.2) is 0 Å². The number of hydrogen-bond donors (Lipinski definition) is 3. The molecular formula is C6H12O4. The first-order chi connectivity index (χ1) is 5.73. The van der Waals surface area contributed by atoms with Crippen LogP contribution in [-0.4, -0.2) is 33.5 Å². The van der Waals surface area contributed by atoms with E-state index >= 15 is 0 Å². The number of aliphatic hydroxyl groups excluding tert-OH is 1. The van der Waals surface area contributed by atoms with Gasteiger partial charge in [0, 0.05) is 10.7 Å². The van der Waals surface area contributed by atoms with E-state index < -0.39 is 37.9 Å². The maximum atomic E-state index is 10.2. The molecule has 3 N–H and O–H groups in total. The highest BCUT2D eigenvalue weighted by Gasteiger charge is 2.22. The Labute approximate surface area is 63.3 Å². The summed E-state index contributed by atoms with van der Waals surface area (Å²) in [5.74, 6) is -1.41. The van der Waals surface area contributed by atoms with Crippen LogP contribution in [0.1, 0.15) is 23.8 Å². The molecule has 0 rings (SSSR count). The van der Waals surface area contributed by atoms with Crippen molar-refractivity contribution in [2.45, 2.75) is 25.3 Å². The van der Waals surface area contributed by atoms with E-state index in [1.54, 1.807) is 0 Å². The standard InChI is InChI=1S/C6H12O4/c1-6(10,2-3-7)4-5(8)9/h7,10H,2-4H2,1H3,(H,8,9)/i1+1D3. The van der Waals surface area contributed by atoms with Gasteiger partial charge in [0.2, 0.25) is 0 Å². The van der Waals surface area contributed by atoms with Gasteiger partial charge in [-0.25, -0.2) is 0 Å². The monoisotopic (exact) mass is 152 g/mol. The van der Waals surface area contributed by atoms with Crippen LogP contribution < -0.4 is 0 Å². The second-order valence-electron chi connectivity index (χ2n) is 2.08. The number of hydrogen-bond acceptors (Lipinski definition) is 3.